The van der Waals surface area contributed by atoms with Crippen LogP contribution in [0.15, 0.2) is 6.07 Å². The Bertz CT molecular complexity index is 884. The Morgan fingerprint density at radius 2 is 1.86 bits per heavy atom. The highest BCUT2D eigenvalue weighted by Gasteiger charge is 2.61. The van der Waals surface area contributed by atoms with Crippen LogP contribution in [0.2, 0.25) is 0 Å². The van der Waals surface area contributed by atoms with E-state index >= 15 is 0 Å². The lowest BCUT2D eigenvalue weighted by Crippen LogP contribution is -2.50. The standard InChI is InChI=1S/C19H26F3N3O2S/c1-11(2)25-15(7-16(23-25)19(20,21)22)17-13-5-12(6-14(13)17)24-4-3-18(8-24)9-28(26,27)10-18/h7,11-14,17H,3-6,8-10H2,1-2H3/t12?,13-,14+,17?. The van der Waals surface area contributed by atoms with Gasteiger partial charge in [0.25, 0.3) is 0 Å². The molecule has 5 rings (SSSR count). The molecule has 28 heavy (non-hydrogen) atoms. The fourth-order valence-electron chi connectivity index (χ4n) is 6.17. The zero-order valence-corrected chi connectivity index (χ0v) is 16.9. The number of fused-ring (bicyclic) bond motifs is 1. The van der Waals surface area contributed by atoms with E-state index in [1.807, 2.05) is 13.8 Å². The van der Waals surface area contributed by atoms with Crippen LogP contribution < -0.4 is 0 Å². The van der Waals surface area contributed by atoms with Crippen molar-refractivity contribution in [1.82, 2.24) is 14.7 Å². The van der Waals surface area contributed by atoms with Crippen LogP contribution in [0.3, 0.4) is 0 Å². The first-order valence-electron chi connectivity index (χ1n) is 10.1. The lowest BCUT2D eigenvalue weighted by atomic mass is 9.91. The third-order valence-corrected chi connectivity index (χ3v) is 9.45. The Kier molecular flexibility index (Phi) is 3.88. The second-order valence-electron chi connectivity index (χ2n) is 9.72. The van der Waals surface area contributed by atoms with Crippen molar-refractivity contribution in [2.24, 2.45) is 17.3 Å². The van der Waals surface area contributed by atoms with Crippen molar-refractivity contribution in [3.05, 3.63) is 17.5 Å². The number of likely N-dealkylation sites (tertiary alicyclic amines) is 1. The van der Waals surface area contributed by atoms with Gasteiger partial charge < -0.3 is 0 Å². The molecule has 2 aliphatic heterocycles. The fraction of sp³-hybridized carbons (Fsp3) is 0.842. The normalized spacial score (nSPS) is 36.1. The van der Waals surface area contributed by atoms with Gasteiger partial charge in [-0.05, 0) is 57.6 Å². The maximum Gasteiger partial charge on any atom is 0.435 e. The molecule has 1 aromatic rings. The summed E-state index contributed by atoms with van der Waals surface area (Å²) in [6.07, 6.45) is -1.45. The first-order valence-corrected chi connectivity index (χ1v) is 11.9. The summed E-state index contributed by atoms with van der Waals surface area (Å²) >= 11 is 0. The lowest BCUT2D eigenvalue weighted by Gasteiger charge is -2.38. The smallest absolute Gasteiger partial charge is 0.300 e. The van der Waals surface area contributed by atoms with E-state index in [0.717, 1.165) is 38.0 Å². The molecule has 2 saturated heterocycles. The SMILES string of the molecule is CC(C)n1nc(C(F)(F)F)cc1C1[C@H]2CC(N3CCC4(C3)CS(=O)(=O)C4)C[C@@H]12. The van der Waals surface area contributed by atoms with E-state index in [4.69, 9.17) is 0 Å². The van der Waals surface area contributed by atoms with Crippen molar-refractivity contribution in [2.75, 3.05) is 24.6 Å². The molecule has 9 heteroatoms. The van der Waals surface area contributed by atoms with Crippen LogP contribution in [0.25, 0.3) is 0 Å². The molecule has 156 valence electrons. The van der Waals surface area contributed by atoms with Crippen LogP contribution >= 0.6 is 0 Å². The summed E-state index contributed by atoms with van der Waals surface area (Å²) in [6, 6.07) is 1.61. The van der Waals surface area contributed by atoms with Crippen molar-refractivity contribution in [2.45, 2.75) is 57.3 Å². The number of alkyl halides is 3. The molecule has 0 aromatic carbocycles. The first-order chi connectivity index (χ1) is 13.0. The highest BCUT2D eigenvalue weighted by molar-refractivity contribution is 7.92. The molecule has 4 atom stereocenters. The molecule has 2 saturated carbocycles. The van der Waals surface area contributed by atoms with Crippen LogP contribution in [-0.2, 0) is 16.0 Å². The van der Waals surface area contributed by atoms with Crippen molar-refractivity contribution in [3.63, 3.8) is 0 Å². The molecule has 2 aliphatic carbocycles. The summed E-state index contributed by atoms with van der Waals surface area (Å²) < 4.78 is 64.1. The minimum absolute atomic E-state index is 0.0249. The quantitative estimate of drug-likeness (QED) is 0.759. The Hall–Kier alpha value is -1.09. The van der Waals surface area contributed by atoms with E-state index in [-0.39, 0.29) is 17.4 Å². The van der Waals surface area contributed by atoms with Gasteiger partial charge in [-0.1, -0.05) is 0 Å². The minimum atomic E-state index is -4.41. The predicted octanol–water partition coefficient (Wildman–Crippen LogP) is 3.10. The van der Waals surface area contributed by atoms with E-state index in [9.17, 15) is 21.6 Å². The molecule has 4 aliphatic rings. The van der Waals surface area contributed by atoms with Crippen LogP contribution in [0.4, 0.5) is 13.2 Å². The summed E-state index contributed by atoms with van der Waals surface area (Å²) in [6.45, 7) is 5.55. The first kappa shape index (κ1) is 18.9. The second kappa shape index (κ2) is 5.74. The number of sulfone groups is 1. The van der Waals surface area contributed by atoms with E-state index in [1.54, 1.807) is 4.68 Å². The molecule has 0 radical (unpaired) electrons. The summed E-state index contributed by atoms with van der Waals surface area (Å²) in [5.41, 5.74) is -0.0766. The van der Waals surface area contributed by atoms with Gasteiger partial charge in [0.2, 0.25) is 0 Å². The molecule has 0 amide bonds. The monoisotopic (exact) mass is 417 g/mol. The highest BCUT2D eigenvalue weighted by atomic mass is 32.2. The fourth-order valence-corrected chi connectivity index (χ4v) is 8.42. The molecule has 1 aromatic heterocycles. The molecule has 1 spiro atoms. The van der Waals surface area contributed by atoms with E-state index in [2.05, 4.69) is 10.00 Å². The maximum atomic E-state index is 13.1. The number of hydrogen-bond acceptors (Lipinski definition) is 4. The molecular weight excluding hydrogens is 391 g/mol. The van der Waals surface area contributed by atoms with Crippen molar-refractivity contribution >= 4 is 9.84 Å². The summed E-state index contributed by atoms with van der Waals surface area (Å²) in [4.78, 5) is 2.44. The second-order valence-corrected chi connectivity index (χ2v) is 11.8. The summed E-state index contributed by atoms with van der Waals surface area (Å²) in [5, 5.41) is 3.84. The van der Waals surface area contributed by atoms with Gasteiger partial charge in [-0.2, -0.15) is 18.3 Å². The van der Waals surface area contributed by atoms with Crippen LogP contribution in [-0.4, -0.2) is 53.7 Å². The van der Waals surface area contributed by atoms with Crippen molar-refractivity contribution in [1.29, 1.82) is 0 Å². The number of hydrogen-bond donors (Lipinski definition) is 0. The number of nitrogens with zero attached hydrogens (tertiary/aromatic N) is 3. The zero-order valence-electron chi connectivity index (χ0n) is 16.1. The minimum Gasteiger partial charge on any atom is -0.300 e. The van der Waals surface area contributed by atoms with E-state index in [0.29, 0.717) is 29.4 Å². The van der Waals surface area contributed by atoms with Gasteiger partial charge in [0, 0.05) is 35.7 Å². The average molecular weight is 417 g/mol. The van der Waals surface area contributed by atoms with Crippen molar-refractivity contribution < 1.29 is 21.6 Å². The van der Waals surface area contributed by atoms with Crippen LogP contribution in [0.1, 0.15) is 56.5 Å². The number of aromatic nitrogens is 2. The summed E-state index contributed by atoms with van der Waals surface area (Å²) in [5.74, 6) is 1.70. The molecule has 2 unspecified atom stereocenters. The molecular formula is C19H26F3N3O2S. The zero-order chi connectivity index (χ0) is 20.1. The van der Waals surface area contributed by atoms with E-state index in [1.165, 1.54) is 6.07 Å². The third-order valence-electron chi connectivity index (χ3n) is 7.34. The summed E-state index contributed by atoms with van der Waals surface area (Å²) in [7, 11) is -2.82. The maximum absolute atomic E-state index is 13.1. The van der Waals surface area contributed by atoms with Crippen LogP contribution in [0, 0.1) is 17.3 Å². The number of halogens is 3. The third kappa shape index (κ3) is 2.91. The topological polar surface area (TPSA) is 55.2 Å². The average Bonchev–Trinajstić information content (AvgIpc) is 3.01. The van der Waals surface area contributed by atoms with Gasteiger partial charge in [-0.15, -0.1) is 0 Å². The molecule has 4 fully saturated rings. The predicted molar refractivity (Wildman–Crippen MR) is 97.6 cm³/mol. The molecule has 0 bridgehead atoms. The van der Waals surface area contributed by atoms with Gasteiger partial charge in [0.05, 0.1) is 11.5 Å². The number of rotatable bonds is 3. The molecule has 5 nitrogen and oxygen atoms in total. The van der Waals surface area contributed by atoms with Crippen LogP contribution in [0.5, 0.6) is 0 Å². The Balaban J connectivity index is 1.26. The van der Waals surface area contributed by atoms with Gasteiger partial charge in [0.15, 0.2) is 15.5 Å². The van der Waals surface area contributed by atoms with E-state index < -0.39 is 21.7 Å². The van der Waals surface area contributed by atoms with Crippen molar-refractivity contribution in [3.8, 4) is 0 Å². The Labute approximate surface area is 163 Å². The molecule has 3 heterocycles. The lowest BCUT2D eigenvalue weighted by molar-refractivity contribution is -0.141. The van der Waals surface area contributed by atoms with Gasteiger partial charge in [-0.25, -0.2) is 8.42 Å². The van der Waals surface area contributed by atoms with Gasteiger partial charge >= 0.3 is 6.18 Å². The molecule has 0 N–H and O–H groups in total. The Morgan fingerprint density at radius 1 is 1.21 bits per heavy atom. The largest absolute Gasteiger partial charge is 0.435 e. The highest BCUT2D eigenvalue weighted by Crippen LogP contribution is 2.64. The van der Waals surface area contributed by atoms with Gasteiger partial charge in [0.1, 0.15) is 0 Å². The Morgan fingerprint density at radius 3 is 2.39 bits per heavy atom. The van der Waals surface area contributed by atoms with Gasteiger partial charge in [-0.3, -0.25) is 9.58 Å².